The average molecular weight is 1660 g/mol. The van der Waals surface area contributed by atoms with Crippen molar-refractivity contribution in [2.45, 2.75) is 155 Å². The summed E-state index contributed by atoms with van der Waals surface area (Å²) in [6.07, 6.45) is 18.4. The van der Waals surface area contributed by atoms with Crippen LogP contribution in [-0.4, -0.2) is 169 Å². The highest BCUT2D eigenvalue weighted by Crippen LogP contribution is 2.40. The maximum atomic E-state index is 15.6. The minimum Gasteiger partial charge on any atom is -0.461 e. The smallest absolute Gasteiger partial charge is 0.461 e. The number of nitrogens with one attached hydrogen (secondary N) is 2. The molecule has 8 aromatic heterocycles. The highest BCUT2D eigenvalue weighted by atomic mass is 79.9. The molecule has 7 aliphatic rings. The van der Waals surface area contributed by atoms with E-state index in [9.17, 15) is 28.8 Å². The standard InChI is InChI=1S/C38H40FN7O5S.C25H28BFN2O5S.C19H24BrN5O2/c1-22-17-44(27-19-50-20-27)10-11-45(22)26-8-9-35(40-15-26)42-32-12-24(18-43(3)37(32)48)29-13-25(39)14-33(31(29)21-51-23(2)47)46-38(49)36-30(16-41-46)28-6-4-5-7-34(28)52-36;1-14(30)32-13-18-19(26-33-24(2,3)25(4,5)34-26)10-15(27)11-20(18)29-23(31)22-17(12-28-29)16-8-6-7-9-21(16)35-22;1-13-9-24(16-11-27-12-16)5-6-25(13)15-3-4-18(21-8-15)22-17-7-14(20)10-23(2)19(17)26/h8-9,12-16,18,22,27H,4-7,10-11,17,19-21H2,1-3H3,(H,40,42);10-12H,6-9,13H2,1-5H3;3-4,7-8,10,13,16H,5-6,9,11-12H2,1-2H3,(H,21,22)/t22-;;13-/m1.1/s1. The first-order valence-corrected chi connectivity index (χ1v) is 41.1. The molecule has 2 N–H and O–H groups in total. The number of rotatable bonds is 16. The molecule has 10 aromatic rings. The lowest BCUT2D eigenvalue weighted by Gasteiger charge is -2.46. The van der Waals surface area contributed by atoms with Gasteiger partial charge in [0.1, 0.15) is 57.3 Å². The van der Waals surface area contributed by atoms with Crippen LogP contribution in [0.2, 0.25) is 0 Å². The van der Waals surface area contributed by atoms with E-state index in [1.54, 1.807) is 57.2 Å². The van der Waals surface area contributed by atoms with Crippen molar-refractivity contribution < 1.29 is 46.6 Å². The fraction of sp³-hybridized carbons (Fsp3) is 0.439. The second-order valence-electron chi connectivity index (χ2n) is 31.3. The van der Waals surface area contributed by atoms with Crippen LogP contribution >= 0.6 is 38.6 Å². The van der Waals surface area contributed by atoms with Crippen molar-refractivity contribution >= 4 is 118 Å². The highest BCUT2D eigenvalue weighted by molar-refractivity contribution is 9.10. The number of fused-ring (bicyclic) bond motifs is 6. The van der Waals surface area contributed by atoms with Crippen molar-refractivity contribution in [1.82, 2.24) is 48.5 Å². The Morgan fingerprint density at radius 1 is 0.588 bits per heavy atom. The van der Waals surface area contributed by atoms with Gasteiger partial charge in [0.05, 0.1) is 97.3 Å². The third-order valence-electron chi connectivity index (χ3n) is 22.9. The van der Waals surface area contributed by atoms with Crippen LogP contribution < -0.4 is 48.1 Å². The number of halogens is 3. The predicted octanol–water partition coefficient (Wildman–Crippen LogP) is 11.0. The third kappa shape index (κ3) is 16.5. The fourth-order valence-corrected chi connectivity index (χ4v) is 19.0. The van der Waals surface area contributed by atoms with Crippen LogP contribution in [0, 0.1) is 11.6 Å². The molecule has 13 heterocycles. The van der Waals surface area contributed by atoms with E-state index in [2.05, 4.69) is 86.2 Å². The minimum absolute atomic E-state index is 0.0891. The van der Waals surface area contributed by atoms with E-state index in [0.29, 0.717) is 78.6 Å². The largest absolute Gasteiger partial charge is 0.495 e. The first kappa shape index (κ1) is 79.8. The number of benzene rings is 2. The number of ether oxygens (including phenoxy) is 4. The average Bonchev–Trinajstić information content (AvgIpc) is 1.38. The molecule has 26 nitrogen and oxygen atoms in total. The van der Waals surface area contributed by atoms with Gasteiger partial charge in [0.15, 0.2) is 0 Å². The van der Waals surface area contributed by atoms with E-state index in [1.807, 2.05) is 52.1 Å². The number of piperazine rings is 2. The summed E-state index contributed by atoms with van der Waals surface area (Å²) < 4.78 is 71.7. The summed E-state index contributed by atoms with van der Waals surface area (Å²) in [5, 5.41) is 16.9. The normalized spacial score (nSPS) is 18.9. The van der Waals surface area contributed by atoms with Crippen LogP contribution in [0.5, 0.6) is 0 Å². The number of hydrogen-bond donors (Lipinski definition) is 2. The molecule has 2 aliphatic carbocycles. The van der Waals surface area contributed by atoms with Gasteiger partial charge < -0.3 is 57.8 Å². The quantitative estimate of drug-likeness (QED) is 0.0672. The number of carbonyl (C=O) groups excluding carboxylic acids is 2. The van der Waals surface area contributed by atoms with E-state index < -0.39 is 41.9 Å². The van der Waals surface area contributed by atoms with Gasteiger partial charge in [-0.05, 0) is 180 Å². The number of aryl methyl sites for hydroxylation is 6. The molecule has 32 heteroatoms. The number of pyridine rings is 4. The summed E-state index contributed by atoms with van der Waals surface area (Å²) >= 11 is 6.38. The molecular formula is C82H92BBrF2N14O12S2. The Labute approximate surface area is 674 Å². The van der Waals surface area contributed by atoms with E-state index in [0.717, 1.165) is 144 Å². The third-order valence-corrected chi connectivity index (χ3v) is 26.0. The number of thiophene rings is 2. The molecule has 5 aliphatic heterocycles. The lowest BCUT2D eigenvalue weighted by atomic mass is 9.75. The Kier molecular flexibility index (Phi) is 23.2. The molecule has 0 amide bonds. The predicted molar refractivity (Wildman–Crippen MR) is 441 cm³/mol. The lowest BCUT2D eigenvalue weighted by Crippen LogP contribution is -2.59. The molecule has 5 saturated heterocycles. The van der Waals surface area contributed by atoms with Crippen LogP contribution in [0.4, 0.5) is 43.2 Å². The second-order valence-corrected chi connectivity index (χ2v) is 34.4. The molecule has 2 atom stereocenters. The van der Waals surface area contributed by atoms with Gasteiger partial charge >= 0.3 is 19.1 Å². The van der Waals surface area contributed by atoms with Gasteiger partial charge in [0.2, 0.25) is 0 Å². The summed E-state index contributed by atoms with van der Waals surface area (Å²) in [5.41, 5.74) is 5.10. The molecule has 0 radical (unpaired) electrons. The molecule has 5 fully saturated rings. The first-order chi connectivity index (χ1) is 54.6. The lowest BCUT2D eigenvalue weighted by molar-refractivity contribution is -0.143. The van der Waals surface area contributed by atoms with Gasteiger partial charge in [0, 0.05) is 146 Å². The zero-order chi connectivity index (χ0) is 80.2. The summed E-state index contributed by atoms with van der Waals surface area (Å²) in [4.78, 5) is 98.2. The summed E-state index contributed by atoms with van der Waals surface area (Å²) in [7, 11) is 2.42. The Bertz CT molecular complexity index is 5580. The molecule has 17 rings (SSSR count). The Balaban J connectivity index is 0.000000143. The van der Waals surface area contributed by atoms with Crippen molar-refractivity contribution in [1.29, 1.82) is 0 Å². The zero-order valence-electron chi connectivity index (χ0n) is 65.5. The van der Waals surface area contributed by atoms with E-state index in [4.69, 9.17) is 28.3 Å². The van der Waals surface area contributed by atoms with Gasteiger partial charge in [-0.15, -0.1) is 22.7 Å². The molecule has 114 heavy (non-hydrogen) atoms. The summed E-state index contributed by atoms with van der Waals surface area (Å²) in [5.74, 6) is -1.10. The number of aromatic nitrogens is 8. The summed E-state index contributed by atoms with van der Waals surface area (Å²) in [6.45, 7) is 23.4. The number of esters is 2. The van der Waals surface area contributed by atoms with Crippen molar-refractivity contribution in [2.75, 3.05) is 86.1 Å². The van der Waals surface area contributed by atoms with E-state index in [-0.39, 0.29) is 52.5 Å². The van der Waals surface area contributed by atoms with Gasteiger partial charge in [0.25, 0.3) is 22.2 Å². The van der Waals surface area contributed by atoms with Crippen molar-refractivity contribution in [3.8, 4) is 22.5 Å². The van der Waals surface area contributed by atoms with Gasteiger partial charge in [-0.3, -0.25) is 38.6 Å². The van der Waals surface area contributed by atoms with Crippen molar-refractivity contribution in [2.24, 2.45) is 14.1 Å². The minimum atomic E-state index is -0.909. The van der Waals surface area contributed by atoms with Gasteiger partial charge in [-0.25, -0.2) is 18.7 Å². The monoisotopic (exact) mass is 1660 g/mol. The van der Waals surface area contributed by atoms with Crippen LogP contribution in [0.15, 0.2) is 121 Å². The van der Waals surface area contributed by atoms with Crippen LogP contribution in [0.1, 0.15) is 113 Å². The Morgan fingerprint density at radius 3 is 1.50 bits per heavy atom. The highest BCUT2D eigenvalue weighted by Gasteiger charge is 2.53. The summed E-state index contributed by atoms with van der Waals surface area (Å²) in [6, 6.07) is 18.1. The topological polar surface area (TPSA) is 266 Å². The van der Waals surface area contributed by atoms with E-state index in [1.165, 1.54) is 100 Å². The van der Waals surface area contributed by atoms with Gasteiger partial charge in [-0.2, -0.15) is 19.6 Å². The zero-order valence-corrected chi connectivity index (χ0v) is 68.7. The van der Waals surface area contributed by atoms with Gasteiger partial charge in [-0.1, -0.05) is 0 Å². The maximum Gasteiger partial charge on any atom is 0.495 e. The maximum absolute atomic E-state index is 15.6. The Hall–Kier alpha value is -9.38. The van der Waals surface area contributed by atoms with Crippen LogP contribution in [-0.2, 0) is 90.8 Å². The number of anilines is 6. The number of nitrogens with zero attached hydrogens (tertiary/aromatic N) is 12. The molecule has 598 valence electrons. The van der Waals surface area contributed by atoms with Crippen molar-refractivity contribution in [3.05, 3.63) is 187 Å². The molecule has 0 bridgehead atoms. The molecular weight excluding hydrogens is 1570 g/mol. The molecule has 2 aromatic carbocycles. The molecule has 0 spiro atoms. The first-order valence-electron chi connectivity index (χ1n) is 38.7. The number of carbonyl (C=O) groups is 2. The van der Waals surface area contributed by atoms with Crippen LogP contribution in [0.3, 0.4) is 0 Å². The fourth-order valence-electron chi connectivity index (χ4n) is 15.9. The molecule has 0 saturated carbocycles. The van der Waals surface area contributed by atoms with Crippen LogP contribution in [0.25, 0.3) is 42.7 Å². The SMILES string of the molecule is CC(=O)OCc1c(-c2cc(Nc3ccc(N4CCN(C5COC5)C[C@H]4C)cn3)c(=O)n(C)c2)cc(F)cc1-n1ncc2c3c(sc2c1=O)CCCC3.CC(=O)OCc1c(B2OC(C)(C)C(C)(C)O2)cc(F)cc1-n1ncc2c3c(sc2c1=O)CCCC3.C[C@@H]1CN(C2COC2)CCN1c1ccc(Nc2cc(Br)cn(C)c2=O)nc1. The molecule has 0 unspecified atom stereocenters. The van der Waals surface area contributed by atoms with E-state index >= 15 is 8.78 Å². The Morgan fingerprint density at radius 2 is 1.04 bits per heavy atom. The van der Waals surface area contributed by atoms with Crippen molar-refractivity contribution in [3.63, 3.8) is 0 Å². The second kappa shape index (κ2) is 33.1. The number of hydrogen-bond acceptors (Lipinski definition) is 24.